The summed E-state index contributed by atoms with van der Waals surface area (Å²) in [7, 11) is 0. The SMILES string of the molecule is C=C(C)c1ccc(-c2nc(-c3ccccc3)c(C)c(-c3ccccc3C)n2)cc1.C=C/C(=C\C=C(/C)c1ccccc1)C(=C)N=C(C)C(/C=C\C(=C)C(/C=C\C)=C/CC)=C/C.CC. The van der Waals surface area contributed by atoms with Crippen molar-refractivity contribution in [2.45, 2.75) is 75.7 Å². The van der Waals surface area contributed by atoms with Crippen LogP contribution in [0.2, 0.25) is 0 Å². The lowest BCUT2D eigenvalue weighted by Gasteiger charge is -2.15. The first-order valence-corrected chi connectivity index (χ1v) is 21.9. The lowest BCUT2D eigenvalue weighted by atomic mass is 9.98. The Morgan fingerprint density at radius 2 is 1.24 bits per heavy atom. The number of nitrogens with zero attached hydrogens (tertiary/aromatic N) is 3. The molecule has 3 nitrogen and oxygen atoms in total. The largest absolute Gasteiger partial charge is 0.253 e. The molecule has 0 atom stereocenters. The van der Waals surface area contributed by atoms with E-state index in [9.17, 15) is 0 Å². The van der Waals surface area contributed by atoms with E-state index in [1.54, 1.807) is 6.08 Å². The Morgan fingerprint density at radius 1 is 0.635 bits per heavy atom. The zero-order valence-electron chi connectivity index (χ0n) is 39.5. The van der Waals surface area contributed by atoms with Crippen LogP contribution in [0.4, 0.5) is 0 Å². The first-order valence-electron chi connectivity index (χ1n) is 21.9. The van der Waals surface area contributed by atoms with Crippen LogP contribution in [0.1, 0.15) is 84.1 Å². The molecule has 0 aliphatic heterocycles. The molecule has 0 aliphatic rings. The Kier molecular flexibility index (Phi) is 21.1. The fourth-order valence-electron chi connectivity index (χ4n) is 6.57. The smallest absolute Gasteiger partial charge is 0.160 e. The quantitative estimate of drug-likeness (QED) is 0.0779. The predicted molar refractivity (Wildman–Crippen MR) is 280 cm³/mol. The molecule has 4 aromatic carbocycles. The molecule has 1 aromatic heterocycles. The van der Waals surface area contributed by atoms with Gasteiger partial charge in [0.15, 0.2) is 5.82 Å². The van der Waals surface area contributed by atoms with E-state index in [1.165, 1.54) is 16.7 Å². The summed E-state index contributed by atoms with van der Waals surface area (Å²) in [5, 5.41) is 0. The summed E-state index contributed by atoms with van der Waals surface area (Å²) in [4.78, 5) is 14.7. The summed E-state index contributed by atoms with van der Waals surface area (Å²) in [6, 6.07) is 37.3. The predicted octanol–water partition coefficient (Wildman–Crippen LogP) is 17.3. The zero-order chi connectivity index (χ0) is 46.3. The maximum absolute atomic E-state index is 5.00. The maximum atomic E-state index is 5.00. The molecule has 1 heterocycles. The van der Waals surface area contributed by atoms with Crippen LogP contribution in [0.15, 0.2) is 223 Å². The van der Waals surface area contributed by atoms with Crippen LogP contribution >= 0.6 is 0 Å². The second kappa shape index (κ2) is 26.4. The van der Waals surface area contributed by atoms with Gasteiger partial charge >= 0.3 is 0 Å². The van der Waals surface area contributed by atoms with Gasteiger partial charge in [-0.3, -0.25) is 4.99 Å². The Morgan fingerprint density at radius 3 is 1.81 bits per heavy atom. The van der Waals surface area contributed by atoms with E-state index in [0.29, 0.717) is 5.70 Å². The lowest BCUT2D eigenvalue weighted by Crippen LogP contribution is -2.01. The van der Waals surface area contributed by atoms with E-state index in [-0.39, 0.29) is 0 Å². The standard InChI is InChI=1S/C31H37N.C27H24N2.C2H6/c1-9-16-30(17-10-2)24(5)20-22-28(11-3)26(7)32-27(8)29(12-4)23-21-25(6)31-18-14-13-15-19-31;1-18(2)21-14-16-23(17-15-21)27-28-25(22-11-6-5-7-12-22)20(4)26(29-27)24-13-9-8-10-19(24)3;1-2/h9,11-23H,4-5,8,10H2,1-3,6-7H3;5-17H,1H2,2-4H3;1-2H3/b16-9-,22-20-,25-21+,28-11+,29-23+,30-17+,32-26?;;. The van der Waals surface area contributed by atoms with Crippen LogP contribution in [-0.2, 0) is 0 Å². The van der Waals surface area contributed by atoms with Crippen LogP contribution in [0.3, 0.4) is 0 Å². The molecule has 0 saturated heterocycles. The molecule has 322 valence electrons. The van der Waals surface area contributed by atoms with Crippen molar-refractivity contribution in [2.75, 3.05) is 0 Å². The van der Waals surface area contributed by atoms with Gasteiger partial charge in [-0.15, -0.1) is 0 Å². The molecule has 0 amide bonds. The summed E-state index contributed by atoms with van der Waals surface area (Å²) >= 11 is 0. The summed E-state index contributed by atoms with van der Waals surface area (Å²) in [6.45, 7) is 36.8. The Labute approximate surface area is 380 Å². The highest BCUT2D eigenvalue weighted by molar-refractivity contribution is 6.01. The van der Waals surface area contributed by atoms with Gasteiger partial charge in [0.05, 0.1) is 17.1 Å². The Balaban J connectivity index is 0.000000323. The second-order valence-corrected chi connectivity index (χ2v) is 14.8. The molecule has 63 heavy (non-hydrogen) atoms. The van der Waals surface area contributed by atoms with E-state index in [2.05, 4.69) is 151 Å². The van der Waals surface area contributed by atoms with Crippen molar-refractivity contribution in [1.29, 1.82) is 0 Å². The molecule has 0 spiro atoms. The highest BCUT2D eigenvalue weighted by Gasteiger charge is 2.16. The number of hydrogen-bond acceptors (Lipinski definition) is 3. The fraction of sp³-hybridized carbons (Fsp3) is 0.183. The molecule has 0 radical (unpaired) electrons. The van der Waals surface area contributed by atoms with Gasteiger partial charge in [0, 0.05) is 28.0 Å². The van der Waals surface area contributed by atoms with Gasteiger partial charge in [0.25, 0.3) is 0 Å². The molecular weight excluding hydrogens is 763 g/mol. The van der Waals surface area contributed by atoms with Crippen molar-refractivity contribution in [2.24, 2.45) is 4.99 Å². The van der Waals surface area contributed by atoms with Gasteiger partial charge in [-0.1, -0.05) is 217 Å². The average Bonchev–Trinajstić information content (AvgIpc) is 3.31. The zero-order valence-corrected chi connectivity index (χ0v) is 39.5. The van der Waals surface area contributed by atoms with Crippen LogP contribution in [0.5, 0.6) is 0 Å². The average molecular weight is 830 g/mol. The number of aromatic nitrogens is 2. The van der Waals surface area contributed by atoms with E-state index in [4.69, 9.17) is 15.0 Å². The Bertz CT molecular complexity index is 2550. The molecular formula is C60H67N3. The third kappa shape index (κ3) is 14.9. The first-order chi connectivity index (χ1) is 30.4. The van der Waals surface area contributed by atoms with E-state index in [0.717, 1.165) is 85.0 Å². The number of aliphatic imine (C=N–C) groups is 1. The van der Waals surface area contributed by atoms with Crippen LogP contribution in [-0.4, -0.2) is 15.7 Å². The highest BCUT2D eigenvalue weighted by atomic mass is 14.9. The molecule has 0 fully saturated rings. The van der Waals surface area contributed by atoms with E-state index < -0.39 is 0 Å². The Hall–Kier alpha value is -6.97. The summed E-state index contributed by atoms with van der Waals surface area (Å²) in [6.07, 6.45) is 19.3. The minimum absolute atomic E-state index is 0.682. The molecule has 0 unspecified atom stereocenters. The van der Waals surface area contributed by atoms with E-state index >= 15 is 0 Å². The lowest BCUT2D eigenvalue weighted by molar-refractivity contribution is 1.14. The number of aryl methyl sites for hydroxylation is 1. The van der Waals surface area contributed by atoms with E-state index in [1.807, 2.05) is 102 Å². The molecule has 0 N–H and O–H groups in total. The third-order valence-corrected chi connectivity index (χ3v) is 10.2. The van der Waals surface area contributed by atoms with Crippen molar-refractivity contribution in [3.05, 3.63) is 240 Å². The molecule has 5 rings (SSSR count). The van der Waals surface area contributed by atoms with Crippen LogP contribution in [0.25, 0.3) is 45.0 Å². The number of allylic oxidation sites excluding steroid dienone is 14. The minimum Gasteiger partial charge on any atom is -0.253 e. The first kappa shape index (κ1) is 50.4. The van der Waals surface area contributed by atoms with Crippen molar-refractivity contribution >= 4 is 16.9 Å². The van der Waals surface area contributed by atoms with Crippen molar-refractivity contribution < 1.29 is 0 Å². The molecule has 0 saturated carbocycles. The monoisotopic (exact) mass is 830 g/mol. The highest BCUT2D eigenvalue weighted by Crippen LogP contribution is 2.33. The fourth-order valence-corrected chi connectivity index (χ4v) is 6.57. The summed E-state index contributed by atoms with van der Waals surface area (Å²) in [5.74, 6) is 0.737. The summed E-state index contributed by atoms with van der Waals surface area (Å²) in [5.41, 5.74) is 17.6. The minimum atomic E-state index is 0.682. The number of benzene rings is 4. The number of rotatable bonds is 15. The van der Waals surface area contributed by atoms with Gasteiger partial charge in [-0.05, 0) is 99.4 Å². The summed E-state index contributed by atoms with van der Waals surface area (Å²) < 4.78 is 0. The van der Waals surface area contributed by atoms with Crippen molar-refractivity contribution in [1.82, 2.24) is 9.97 Å². The molecule has 5 aromatic rings. The maximum Gasteiger partial charge on any atom is 0.160 e. The second-order valence-electron chi connectivity index (χ2n) is 14.8. The van der Waals surface area contributed by atoms with Crippen LogP contribution in [0, 0.1) is 13.8 Å². The van der Waals surface area contributed by atoms with Gasteiger partial charge in [-0.25, -0.2) is 9.97 Å². The topological polar surface area (TPSA) is 38.1 Å². The molecule has 0 aliphatic carbocycles. The van der Waals surface area contributed by atoms with Gasteiger partial charge in [-0.2, -0.15) is 0 Å². The van der Waals surface area contributed by atoms with Gasteiger partial charge in [0.1, 0.15) is 0 Å². The van der Waals surface area contributed by atoms with Gasteiger partial charge in [0.2, 0.25) is 0 Å². The van der Waals surface area contributed by atoms with Crippen LogP contribution < -0.4 is 0 Å². The molecule has 3 heteroatoms. The van der Waals surface area contributed by atoms with Crippen molar-refractivity contribution in [3.63, 3.8) is 0 Å². The van der Waals surface area contributed by atoms with Gasteiger partial charge < -0.3 is 0 Å². The number of hydrogen-bond donors (Lipinski definition) is 0. The molecule has 0 bridgehead atoms. The van der Waals surface area contributed by atoms with Crippen molar-refractivity contribution in [3.8, 4) is 33.9 Å². The normalized spacial score (nSPS) is 12.3. The third-order valence-electron chi connectivity index (χ3n) is 10.2.